The Hall–Kier alpha value is -5.24. The summed E-state index contributed by atoms with van der Waals surface area (Å²) in [5.74, 6) is -1.04. The van der Waals surface area contributed by atoms with Crippen molar-refractivity contribution < 1.29 is 38.1 Å². The number of hydrogen-bond acceptors (Lipinski definition) is 8. The van der Waals surface area contributed by atoms with Crippen LogP contribution >= 0.6 is 0 Å². The van der Waals surface area contributed by atoms with Crippen molar-refractivity contribution in [1.82, 2.24) is 0 Å². The maximum Gasteiger partial charge on any atom is 0.338 e. The molecule has 0 aliphatic carbocycles. The van der Waals surface area contributed by atoms with Crippen LogP contribution in [0.5, 0.6) is 11.5 Å². The fourth-order valence-electron chi connectivity index (χ4n) is 5.93. The van der Waals surface area contributed by atoms with Crippen LogP contribution in [0.2, 0.25) is 0 Å². The van der Waals surface area contributed by atoms with E-state index in [0.29, 0.717) is 22.6 Å². The average molecular weight is 735 g/mol. The van der Waals surface area contributed by atoms with Gasteiger partial charge in [0.2, 0.25) is 0 Å². The molecule has 0 fully saturated rings. The molecule has 0 aliphatic heterocycles. The molecule has 0 N–H and O–H groups in total. The summed E-state index contributed by atoms with van der Waals surface area (Å²) in [4.78, 5) is 50.0. The Morgan fingerprint density at radius 3 is 1.07 bits per heavy atom. The lowest BCUT2D eigenvalue weighted by Crippen LogP contribution is -2.15. The highest BCUT2D eigenvalue weighted by Gasteiger charge is 2.15. The predicted molar refractivity (Wildman–Crippen MR) is 212 cm³/mol. The van der Waals surface area contributed by atoms with Crippen LogP contribution in [0.3, 0.4) is 0 Å². The predicted octanol–water partition coefficient (Wildman–Crippen LogP) is 11.3. The van der Waals surface area contributed by atoms with E-state index in [9.17, 15) is 19.2 Å². The third kappa shape index (κ3) is 14.0. The molecule has 0 heterocycles. The van der Waals surface area contributed by atoms with Gasteiger partial charge in [-0.1, -0.05) is 101 Å². The molecule has 0 saturated carbocycles. The first-order chi connectivity index (χ1) is 26.1. The first-order valence-corrected chi connectivity index (χ1v) is 19.4. The van der Waals surface area contributed by atoms with Crippen molar-refractivity contribution in [3.05, 3.63) is 108 Å². The fraction of sp³-hybridized carbons (Fsp3) is 0.391. The van der Waals surface area contributed by atoms with Crippen molar-refractivity contribution in [2.24, 2.45) is 0 Å². The Morgan fingerprint density at radius 1 is 0.444 bits per heavy atom. The molecule has 4 rings (SSSR count). The zero-order valence-electron chi connectivity index (χ0n) is 32.1. The molecule has 0 amide bonds. The lowest BCUT2D eigenvalue weighted by Gasteiger charge is -2.13. The van der Waals surface area contributed by atoms with E-state index in [2.05, 4.69) is 13.8 Å². The highest BCUT2D eigenvalue weighted by Crippen LogP contribution is 2.26. The summed E-state index contributed by atoms with van der Waals surface area (Å²) in [7, 11) is 0. The molecule has 0 saturated heterocycles. The first-order valence-electron chi connectivity index (χ1n) is 19.4. The highest BCUT2D eigenvalue weighted by atomic mass is 16.6. The summed E-state index contributed by atoms with van der Waals surface area (Å²) in [5.41, 5.74) is 4.59. The summed E-state index contributed by atoms with van der Waals surface area (Å²) < 4.78 is 22.1. The molecule has 4 aromatic carbocycles. The van der Waals surface area contributed by atoms with Gasteiger partial charge in [-0.2, -0.15) is 0 Å². The summed E-state index contributed by atoms with van der Waals surface area (Å²) >= 11 is 0. The van der Waals surface area contributed by atoms with Crippen molar-refractivity contribution >= 4 is 23.9 Å². The van der Waals surface area contributed by atoms with Crippen LogP contribution in [0.4, 0.5) is 0 Å². The molecular formula is C46H54O8. The second-order valence-electron chi connectivity index (χ2n) is 13.8. The van der Waals surface area contributed by atoms with Crippen LogP contribution in [0.25, 0.3) is 22.3 Å². The van der Waals surface area contributed by atoms with Crippen LogP contribution in [-0.2, 0) is 19.1 Å². The minimum atomic E-state index is -0.550. The number of ether oxygens (including phenoxy) is 4. The topological polar surface area (TPSA) is 105 Å². The molecule has 2 atom stereocenters. The highest BCUT2D eigenvalue weighted by molar-refractivity contribution is 5.91. The first kappa shape index (κ1) is 41.5. The van der Waals surface area contributed by atoms with Gasteiger partial charge in [0.15, 0.2) is 0 Å². The maximum atomic E-state index is 12.6. The second-order valence-corrected chi connectivity index (χ2v) is 13.8. The van der Waals surface area contributed by atoms with E-state index in [-0.39, 0.29) is 37.0 Å². The van der Waals surface area contributed by atoms with Gasteiger partial charge in [-0.05, 0) is 110 Å². The van der Waals surface area contributed by atoms with E-state index in [0.717, 1.165) is 60.8 Å². The van der Waals surface area contributed by atoms with E-state index < -0.39 is 11.9 Å². The second kappa shape index (κ2) is 22.1. The molecule has 0 spiro atoms. The third-order valence-electron chi connectivity index (χ3n) is 9.16. The lowest BCUT2D eigenvalue weighted by atomic mass is 10.0. The molecule has 0 radical (unpaired) electrons. The number of carbonyl (C=O) groups excluding carboxylic acids is 4. The van der Waals surface area contributed by atoms with E-state index in [1.165, 1.54) is 25.7 Å². The van der Waals surface area contributed by atoms with Crippen molar-refractivity contribution in [3.63, 3.8) is 0 Å². The van der Waals surface area contributed by atoms with Crippen molar-refractivity contribution in [3.8, 4) is 33.8 Å². The molecule has 8 nitrogen and oxygen atoms in total. The van der Waals surface area contributed by atoms with Crippen LogP contribution in [0.1, 0.15) is 125 Å². The quantitative estimate of drug-likeness (QED) is 0.0473. The van der Waals surface area contributed by atoms with E-state index in [4.69, 9.17) is 18.9 Å². The Balaban J connectivity index is 1.17. The van der Waals surface area contributed by atoms with Gasteiger partial charge in [0.05, 0.1) is 36.2 Å². The Labute approximate surface area is 320 Å². The molecule has 54 heavy (non-hydrogen) atoms. The van der Waals surface area contributed by atoms with E-state index in [1.54, 1.807) is 48.5 Å². The minimum Gasteiger partial charge on any atom is -0.459 e. The van der Waals surface area contributed by atoms with Crippen LogP contribution in [-0.4, -0.2) is 36.1 Å². The van der Waals surface area contributed by atoms with Gasteiger partial charge in [-0.15, -0.1) is 0 Å². The van der Waals surface area contributed by atoms with Crippen LogP contribution in [0, 0.1) is 0 Å². The van der Waals surface area contributed by atoms with Gasteiger partial charge in [0, 0.05) is 0 Å². The molecule has 0 aromatic heterocycles. The lowest BCUT2D eigenvalue weighted by molar-refractivity contribution is -0.140. The van der Waals surface area contributed by atoms with Crippen LogP contribution in [0.15, 0.2) is 97.1 Å². The SMILES string of the molecule is CCCCCCC(C)OC(=O)c1ccc(-c2ccc(OC(=O)CCC(=O)Oc3ccc(-c4ccc(C(=O)OC(C)CCCCCC)cc4)cc3)cc2)cc1. The number of hydrogen-bond donors (Lipinski definition) is 0. The smallest absolute Gasteiger partial charge is 0.338 e. The van der Waals surface area contributed by atoms with Gasteiger partial charge in [0.1, 0.15) is 11.5 Å². The standard InChI is InChI=1S/C46H54O8/c1-5-7-9-11-13-33(3)51-45(49)39-19-15-35(16-20-39)37-23-27-41(28-24-37)53-43(47)31-32-44(48)54-42-29-25-38(26-30-42)36-17-21-40(22-18-36)46(50)52-34(4)14-12-10-8-6-2/h15-30,33-34H,5-14,31-32H2,1-4H3. The Bertz CT molecular complexity index is 1630. The van der Waals surface area contributed by atoms with Gasteiger partial charge in [0.25, 0.3) is 0 Å². The minimum absolute atomic E-state index is 0.122. The molecule has 2 unspecified atom stereocenters. The largest absolute Gasteiger partial charge is 0.459 e. The number of esters is 4. The molecule has 0 bridgehead atoms. The molecule has 286 valence electrons. The summed E-state index contributed by atoms with van der Waals surface area (Å²) in [6.07, 6.45) is 10.3. The van der Waals surface area contributed by atoms with Gasteiger partial charge >= 0.3 is 23.9 Å². The zero-order chi connectivity index (χ0) is 38.7. The summed E-state index contributed by atoms with van der Waals surface area (Å²) in [6, 6.07) is 28.5. The molecule has 8 heteroatoms. The number of unbranched alkanes of at least 4 members (excludes halogenated alkanes) is 6. The van der Waals surface area contributed by atoms with Crippen LogP contribution < -0.4 is 9.47 Å². The van der Waals surface area contributed by atoms with E-state index >= 15 is 0 Å². The number of benzene rings is 4. The van der Waals surface area contributed by atoms with Gasteiger partial charge < -0.3 is 18.9 Å². The monoisotopic (exact) mass is 734 g/mol. The molecule has 0 aliphatic rings. The Kier molecular flexibility index (Phi) is 17.0. The number of carbonyl (C=O) groups is 4. The fourth-order valence-corrected chi connectivity index (χ4v) is 5.93. The summed E-state index contributed by atoms with van der Waals surface area (Å²) in [6.45, 7) is 8.20. The molecule has 4 aromatic rings. The zero-order valence-corrected chi connectivity index (χ0v) is 32.1. The van der Waals surface area contributed by atoms with E-state index in [1.807, 2.05) is 62.4 Å². The van der Waals surface area contributed by atoms with Crippen molar-refractivity contribution in [2.45, 2.75) is 117 Å². The average Bonchev–Trinajstić information content (AvgIpc) is 3.18. The molecular weight excluding hydrogens is 680 g/mol. The van der Waals surface area contributed by atoms with Crippen molar-refractivity contribution in [2.75, 3.05) is 0 Å². The maximum absolute atomic E-state index is 12.6. The number of rotatable bonds is 21. The Morgan fingerprint density at radius 2 is 0.759 bits per heavy atom. The van der Waals surface area contributed by atoms with Gasteiger partial charge in [-0.25, -0.2) is 9.59 Å². The van der Waals surface area contributed by atoms with Gasteiger partial charge in [-0.3, -0.25) is 9.59 Å². The van der Waals surface area contributed by atoms with Crippen molar-refractivity contribution in [1.29, 1.82) is 0 Å². The third-order valence-corrected chi connectivity index (χ3v) is 9.16. The normalized spacial score (nSPS) is 12.0. The summed E-state index contributed by atoms with van der Waals surface area (Å²) in [5, 5.41) is 0.